The van der Waals surface area contributed by atoms with E-state index in [2.05, 4.69) is 10.3 Å². The number of rotatable bonds is 5. The molecule has 6 nitrogen and oxygen atoms in total. The molecule has 0 spiro atoms. The SMILES string of the molecule is CC(C)(C)OC(=O)NCc1ccc(-c2nc3ccnc(C=O)c3cc2-c2ccccc2)cc1. The lowest BCUT2D eigenvalue weighted by atomic mass is 9.96. The first-order valence-electron chi connectivity index (χ1n) is 10.7. The van der Waals surface area contributed by atoms with Crippen LogP contribution in [0.15, 0.2) is 72.9 Å². The number of carbonyl (C=O) groups is 2. The number of aromatic nitrogens is 2. The highest BCUT2D eigenvalue weighted by atomic mass is 16.6. The summed E-state index contributed by atoms with van der Waals surface area (Å²) in [6, 6.07) is 21.6. The van der Waals surface area contributed by atoms with Crippen LogP contribution in [0.25, 0.3) is 33.3 Å². The summed E-state index contributed by atoms with van der Waals surface area (Å²) in [7, 11) is 0. The number of nitrogens with zero attached hydrogens (tertiary/aromatic N) is 2. The van der Waals surface area contributed by atoms with Crippen LogP contribution < -0.4 is 5.32 Å². The maximum absolute atomic E-state index is 11.9. The number of nitrogens with one attached hydrogen (secondary N) is 1. The van der Waals surface area contributed by atoms with Crippen LogP contribution in [0.3, 0.4) is 0 Å². The second-order valence-electron chi connectivity index (χ2n) is 8.68. The van der Waals surface area contributed by atoms with Gasteiger partial charge in [0.05, 0.1) is 11.2 Å². The van der Waals surface area contributed by atoms with Crippen molar-refractivity contribution in [3.05, 3.63) is 84.2 Å². The monoisotopic (exact) mass is 439 g/mol. The van der Waals surface area contributed by atoms with Crippen molar-refractivity contribution >= 4 is 23.3 Å². The van der Waals surface area contributed by atoms with Gasteiger partial charge in [0.15, 0.2) is 6.29 Å². The molecule has 166 valence electrons. The number of pyridine rings is 2. The number of aldehydes is 1. The molecule has 0 aliphatic carbocycles. The molecule has 0 bridgehead atoms. The number of carbonyl (C=O) groups excluding carboxylic acids is 2. The van der Waals surface area contributed by atoms with Crippen LogP contribution in [-0.4, -0.2) is 27.9 Å². The van der Waals surface area contributed by atoms with Crippen LogP contribution >= 0.6 is 0 Å². The molecule has 6 heteroatoms. The van der Waals surface area contributed by atoms with E-state index in [4.69, 9.17) is 9.72 Å². The number of hydrogen-bond acceptors (Lipinski definition) is 5. The molecule has 2 aromatic carbocycles. The van der Waals surface area contributed by atoms with E-state index in [0.717, 1.165) is 34.2 Å². The number of fused-ring (bicyclic) bond motifs is 1. The van der Waals surface area contributed by atoms with Crippen LogP contribution in [0.2, 0.25) is 0 Å². The first-order valence-corrected chi connectivity index (χ1v) is 10.7. The van der Waals surface area contributed by atoms with Crippen molar-refractivity contribution in [2.45, 2.75) is 32.9 Å². The Hall–Kier alpha value is -4.06. The fourth-order valence-electron chi connectivity index (χ4n) is 3.54. The third-order valence-electron chi connectivity index (χ3n) is 5.03. The molecule has 0 aliphatic rings. The highest BCUT2D eigenvalue weighted by Crippen LogP contribution is 2.34. The molecule has 2 heterocycles. The summed E-state index contributed by atoms with van der Waals surface area (Å²) in [5, 5.41) is 3.49. The molecule has 0 fully saturated rings. The molecule has 0 unspecified atom stereocenters. The second-order valence-corrected chi connectivity index (χ2v) is 8.68. The average molecular weight is 440 g/mol. The van der Waals surface area contributed by atoms with Gasteiger partial charge < -0.3 is 10.1 Å². The molecular weight excluding hydrogens is 414 g/mol. The van der Waals surface area contributed by atoms with E-state index >= 15 is 0 Å². The lowest BCUT2D eigenvalue weighted by Gasteiger charge is -2.19. The molecule has 1 amide bonds. The fraction of sp³-hybridized carbons (Fsp3) is 0.185. The number of benzene rings is 2. The number of alkyl carbamates (subject to hydrolysis) is 1. The van der Waals surface area contributed by atoms with Crippen LogP contribution in [0, 0.1) is 0 Å². The minimum Gasteiger partial charge on any atom is -0.444 e. The molecule has 2 aromatic heterocycles. The molecule has 1 N–H and O–H groups in total. The van der Waals surface area contributed by atoms with E-state index in [-0.39, 0.29) is 0 Å². The molecule has 4 aromatic rings. The van der Waals surface area contributed by atoms with Crippen LogP contribution in [0.4, 0.5) is 4.79 Å². The summed E-state index contributed by atoms with van der Waals surface area (Å²) in [5.41, 5.74) is 5.13. The van der Waals surface area contributed by atoms with Crippen LogP contribution in [0.1, 0.15) is 36.8 Å². The highest BCUT2D eigenvalue weighted by Gasteiger charge is 2.16. The zero-order valence-electron chi connectivity index (χ0n) is 18.8. The number of ether oxygens (including phenoxy) is 1. The first-order chi connectivity index (χ1) is 15.8. The molecule has 0 saturated carbocycles. The lowest BCUT2D eigenvalue weighted by molar-refractivity contribution is 0.0523. The minimum absolute atomic E-state index is 0.361. The van der Waals surface area contributed by atoms with Crippen LogP contribution in [-0.2, 0) is 11.3 Å². The van der Waals surface area contributed by atoms with E-state index in [9.17, 15) is 9.59 Å². The van der Waals surface area contributed by atoms with Gasteiger partial charge in [-0.3, -0.25) is 9.78 Å². The van der Waals surface area contributed by atoms with Gasteiger partial charge in [-0.05, 0) is 44.0 Å². The first kappa shape index (κ1) is 22.1. The minimum atomic E-state index is -0.539. The van der Waals surface area contributed by atoms with Crippen molar-refractivity contribution in [1.29, 1.82) is 0 Å². The van der Waals surface area contributed by atoms with Crippen molar-refractivity contribution in [2.24, 2.45) is 0 Å². The Morgan fingerprint density at radius 1 is 1.00 bits per heavy atom. The predicted octanol–water partition coefficient (Wildman–Crippen LogP) is 5.80. The second kappa shape index (κ2) is 9.20. The Balaban J connectivity index is 1.69. The molecular formula is C27H25N3O3. The third-order valence-corrected chi connectivity index (χ3v) is 5.03. The van der Waals surface area contributed by atoms with Gasteiger partial charge >= 0.3 is 6.09 Å². The van der Waals surface area contributed by atoms with Crippen molar-refractivity contribution in [3.63, 3.8) is 0 Å². The van der Waals surface area contributed by atoms with Gasteiger partial charge in [-0.25, -0.2) is 9.78 Å². The van der Waals surface area contributed by atoms with Gasteiger partial charge in [0.1, 0.15) is 11.3 Å². The van der Waals surface area contributed by atoms with Gasteiger partial charge in [0.25, 0.3) is 0 Å². The zero-order valence-corrected chi connectivity index (χ0v) is 18.8. The maximum Gasteiger partial charge on any atom is 0.407 e. The number of amides is 1. The smallest absolute Gasteiger partial charge is 0.407 e. The standard InChI is InChI=1S/C27H25N3O3/c1-27(2,3)33-26(32)29-16-18-9-11-20(12-10-18)25-21(19-7-5-4-6-8-19)15-22-23(30-25)13-14-28-24(22)17-31/h4-15,17H,16H2,1-3H3,(H,29,32). The summed E-state index contributed by atoms with van der Waals surface area (Å²) in [6.07, 6.45) is 1.90. The normalized spacial score (nSPS) is 11.2. The Bertz CT molecular complexity index is 1290. The quantitative estimate of drug-likeness (QED) is 0.397. The molecule has 0 aliphatic heterocycles. The van der Waals surface area contributed by atoms with Gasteiger partial charge in [-0.2, -0.15) is 0 Å². The van der Waals surface area contributed by atoms with Crippen molar-refractivity contribution in [3.8, 4) is 22.4 Å². The predicted molar refractivity (Wildman–Crippen MR) is 129 cm³/mol. The fourth-order valence-corrected chi connectivity index (χ4v) is 3.54. The summed E-state index contributed by atoms with van der Waals surface area (Å²) >= 11 is 0. The summed E-state index contributed by atoms with van der Waals surface area (Å²) in [4.78, 5) is 32.5. The van der Waals surface area contributed by atoms with Gasteiger partial charge in [0, 0.05) is 29.3 Å². The van der Waals surface area contributed by atoms with Gasteiger partial charge in [-0.1, -0.05) is 54.6 Å². The van der Waals surface area contributed by atoms with Crippen LogP contribution in [0.5, 0.6) is 0 Å². The third kappa shape index (κ3) is 5.23. The van der Waals surface area contributed by atoms with Crippen molar-refractivity contribution < 1.29 is 14.3 Å². The van der Waals surface area contributed by atoms with Gasteiger partial charge in [0.2, 0.25) is 0 Å². The highest BCUT2D eigenvalue weighted by molar-refractivity contribution is 5.99. The van der Waals surface area contributed by atoms with E-state index in [1.807, 2.05) is 81.4 Å². The Labute approximate surface area is 192 Å². The number of hydrogen-bond donors (Lipinski definition) is 1. The summed E-state index contributed by atoms with van der Waals surface area (Å²) in [5.74, 6) is 0. The Morgan fingerprint density at radius 2 is 1.73 bits per heavy atom. The molecule has 0 saturated heterocycles. The molecule has 0 radical (unpaired) electrons. The van der Waals surface area contributed by atoms with Crippen molar-refractivity contribution in [1.82, 2.24) is 15.3 Å². The Kier molecular flexibility index (Phi) is 6.18. The van der Waals surface area contributed by atoms with Crippen molar-refractivity contribution in [2.75, 3.05) is 0 Å². The summed E-state index contributed by atoms with van der Waals surface area (Å²) < 4.78 is 5.29. The Morgan fingerprint density at radius 3 is 2.39 bits per heavy atom. The van der Waals surface area contributed by atoms with E-state index in [0.29, 0.717) is 23.1 Å². The molecule has 33 heavy (non-hydrogen) atoms. The zero-order chi connectivity index (χ0) is 23.4. The maximum atomic E-state index is 11.9. The molecule has 4 rings (SSSR count). The lowest BCUT2D eigenvalue weighted by Crippen LogP contribution is -2.32. The largest absolute Gasteiger partial charge is 0.444 e. The van der Waals surface area contributed by atoms with Gasteiger partial charge in [-0.15, -0.1) is 0 Å². The topological polar surface area (TPSA) is 81.2 Å². The van der Waals surface area contributed by atoms with E-state index < -0.39 is 11.7 Å². The van der Waals surface area contributed by atoms with E-state index in [1.54, 1.807) is 12.3 Å². The molecule has 0 atom stereocenters. The van der Waals surface area contributed by atoms with E-state index in [1.165, 1.54) is 0 Å². The summed E-state index contributed by atoms with van der Waals surface area (Å²) in [6.45, 7) is 5.85. The average Bonchev–Trinajstić information content (AvgIpc) is 2.81.